The topological polar surface area (TPSA) is 91.4 Å². The highest BCUT2D eigenvalue weighted by Gasteiger charge is 2.33. The summed E-state index contributed by atoms with van der Waals surface area (Å²) >= 11 is 0. The van der Waals surface area contributed by atoms with Crippen molar-refractivity contribution >= 4 is 23.5 Å². The van der Waals surface area contributed by atoms with Gasteiger partial charge >= 0.3 is 0 Å². The first-order chi connectivity index (χ1) is 18.9. The summed E-state index contributed by atoms with van der Waals surface area (Å²) in [5, 5.41) is 5.76. The number of carbonyl (C=O) groups excluding carboxylic acids is 3. The highest BCUT2D eigenvalue weighted by molar-refractivity contribution is 5.91. The number of benzene rings is 2. The second-order valence-corrected chi connectivity index (χ2v) is 9.71. The van der Waals surface area contributed by atoms with E-state index in [9.17, 15) is 23.2 Å². The Hall–Kier alpha value is -4.14. The maximum atomic E-state index is 13.8. The molecule has 0 bridgehead atoms. The van der Waals surface area contributed by atoms with E-state index >= 15 is 0 Å². The van der Waals surface area contributed by atoms with Gasteiger partial charge in [-0.05, 0) is 66.8 Å². The first kappa shape index (κ1) is 27.9. The maximum absolute atomic E-state index is 13.8. The minimum Gasteiger partial charge on any atom is -0.351 e. The number of pyridine rings is 1. The van der Waals surface area contributed by atoms with E-state index in [0.717, 1.165) is 25.7 Å². The lowest BCUT2D eigenvalue weighted by Crippen LogP contribution is -2.45. The van der Waals surface area contributed by atoms with Crippen molar-refractivity contribution in [2.45, 2.75) is 63.6 Å². The van der Waals surface area contributed by atoms with Gasteiger partial charge in [-0.3, -0.25) is 14.4 Å². The molecule has 9 heteroatoms. The molecule has 39 heavy (non-hydrogen) atoms. The maximum Gasteiger partial charge on any atom is 0.247 e. The molecular formula is C30H32F2N4O3. The van der Waals surface area contributed by atoms with Crippen LogP contribution in [0.15, 0.2) is 72.9 Å². The molecule has 0 spiro atoms. The van der Waals surface area contributed by atoms with Crippen LogP contribution in [0.25, 0.3) is 0 Å². The van der Waals surface area contributed by atoms with Crippen molar-refractivity contribution in [3.63, 3.8) is 0 Å². The number of anilines is 1. The average molecular weight is 535 g/mol. The lowest BCUT2D eigenvalue weighted by molar-refractivity contribution is -0.142. The van der Waals surface area contributed by atoms with Crippen molar-refractivity contribution in [1.29, 1.82) is 0 Å². The van der Waals surface area contributed by atoms with E-state index in [1.54, 1.807) is 36.5 Å². The minimum absolute atomic E-state index is 0.00519. The third-order valence-corrected chi connectivity index (χ3v) is 6.76. The zero-order valence-electron chi connectivity index (χ0n) is 21.6. The Balaban J connectivity index is 1.54. The highest BCUT2D eigenvalue weighted by Crippen LogP contribution is 2.27. The molecular weight excluding hydrogens is 502 g/mol. The van der Waals surface area contributed by atoms with Gasteiger partial charge in [0.2, 0.25) is 17.7 Å². The van der Waals surface area contributed by atoms with Gasteiger partial charge in [-0.2, -0.15) is 0 Å². The molecule has 2 aromatic carbocycles. The number of carbonyl (C=O) groups is 3. The Morgan fingerprint density at radius 2 is 1.56 bits per heavy atom. The third kappa shape index (κ3) is 8.17. The lowest BCUT2D eigenvalue weighted by Gasteiger charge is -2.32. The monoisotopic (exact) mass is 534 g/mol. The quantitative estimate of drug-likeness (QED) is 0.349. The van der Waals surface area contributed by atoms with E-state index in [1.165, 1.54) is 41.3 Å². The second kappa shape index (κ2) is 13.6. The molecule has 204 valence electrons. The van der Waals surface area contributed by atoms with Gasteiger partial charge in [0.15, 0.2) is 0 Å². The van der Waals surface area contributed by atoms with Crippen LogP contribution in [0.4, 0.5) is 14.6 Å². The van der Waals surface area contributed by atoms with Crippen LogP contribution in [0.3, 0.4) is 0 Å². The fraction of sp³-hybridized carbons (Fsp3) is 0.333. The van der Waals surface area contributed by atoms with Gasteiger partial charge < -0.3 is 15.5 Å². The molecule has 0 saturated heterocycles. The summed E-state index contributed by atoms with van der Waals surface area (Å²) in [7, 11) is 0. The first-order valence-corrected chi connectivity index (χ1v) is 13.2. The van der Waals surface area contributed by atoms with Crippen LogP contribution in [-0.4, -0.2) is 33.6 Å². The number of halogens is 2. The molecule has 1 aliphatic carbocycles. The second-order valence-electron chi connectivity index (χ2n) is 9.71. The summed E-state index contributed by atoms with van der Waals surface area (Å²) < 4.78 is 27.3. The highest BCUT2D eigenvalue weighted by atomic mass is 19.1. The van der Waals surface area contributed by atoms with E-state index in [1.807, 2.05) is 0 Å². The van der Waals surface area contributed by atoms with Gasteiger partial charge in [-0.1, -0.05) is 43.2 Å². The Morgan fingerprint density at radius 3 is 2.21 bits per heavy atom. The molecule has 0 unspecified atom stereocenters. The molecule has 3 aromatic rings. The summed E-state index contributed by atoms with van der Waals surface area (Å²) in [4.78, 5) is 45.1. The standard InChI is InChI=1S/C30H32F2N4O3/c31-23-15-11-21(12-16-23)20-36(28(38)10-5-9-27(37)35-26-8-3-4-19-33-26)29(22-13-17-24(32)18-14-22)30(39)34-25-6-1-2-7-25/h3-4,8,11-19,25,29H,1-2,5-7,9-10,20H2,(H,34,39)(H,33,35,37)/t29-/m0/s1. The first-order valence-electron chi connectivity index (χ1n) is 13.2. The van der Waals surface area contributed by atoms with E-state index < -0.39 is 17.7 Å². The normalized spacial score (nSPS) is 14.0. The molecule has 1 saturated carbocycles. The van der Waals surface area contributed by atoms with Gasteiger partial charge in [-0.15, -0.1) is 0 Å². The van der Waals surface area contributed by atoms with E-state index in [-0.39, 0.29) is 49.6 Å². The Morgan fingerprint density at radius 1 is 0.897 bits per heavy atom. The summed E-state index contributed by atoms with van der Waals surface area (Å²) in [5.74, 6) is -1.42. The van der Waals surface area contributed by atoms with Gasteiger partial charge in [0, 0.05) is 31.6 Å². The molecule has 1 heterocycles. The summed E-state index contributed by atoms with van der Waals surface area (Å²) in [6, 6.07) is 15.4. The van der Waals surface area contributed by atoms with Crippen LogP contribution < -0.4 is 10.6 Å². The van der Waals surface area contributed by atoms with Crippen LogP contribution in [0.1, 0.15) is 62.1 Å². The molecule has 1 fully saturated rings. The van der Waals surface area contributed by atoms with Crippen LogP contribution in [-0.2, 0) is 20.9 Å². The van der Waals surface area contributed by atoms with Gasteiger partial charge in [-0.25, -0.2) is 13.8 Å². The summed E-state index contributed by atoms with van der Waals surface area (Å²) in [5.41, 5.74) is 1.11. The van der Waals surface area contributed by atoms with Crippen LogP contribution in [0.5, 0.6) is 0 Å². The number of hydrogen-bond donors (Lipinski definition) is 2. The fourth-order valence-corrected chi connectivity index (χ4v) is 4.76. The molecule has 1 aliphatic rings. The summed E-state index contributed by atoms with van der Waals surface area (Å²) in [6.07, 6.45) is 5.66. The smallest absolute Gasteiger partial charge is 0.247 e. The minimum atomic E-state index is -1.02. The van der Waals surface area contributed by atoms with Gasteiger partial charge in [0.05, 0.1) is 0 Å². The SMILES string of the molecule is O=C(CCCC(=O)N(Cc1ccc(F)cc1)[C@H](C(=O)NC1CCCC1)c1ccc(F)cc1)Nc1ccccn1. The molecule has 7 nitrogen and oxygen atoms in total. The number of nitrogens with zero attached hydrogens (tertiary/aromatic N) is 2. The van der Waals surface area contributed by atoms with Gasteiger partial charge in [0.1, 0.15) is 23.5 Å². The molecule has 0 radical (unpaired) electrons. The van der Waals surface area contributed by atoms with Crippen molar-refractivity contribution in [1.82, 2.24) is 15.2 Å². The number of aromatic nitrogens is 1. The van der Waals surface area contributed by atoms with Crippen molar-refractivity contribution < 1.29 is 23.2 Å². The number of nitrogens with one attached hydrogen (secondary N) is 2. The lowest BCUT2D eigenvalue weighted by atomic mass is 10.0. The van der Waals surface area contributed by atoms with E-state index in [4.69, 9.17) is 0 Å². The van der Waals surface area contributed by atoms with E-state index in [2.05, 4.69) is 15.6 Å². The van der Waals surface area contributed by atoms with Crippen LogP contribution >= 0.6 is 0 Å². The van der Waals surface area contributed by atoms with Crippen molar-refractivity contribution in [3.8, 4) is 0 Å². The predicted molar refractivity (Wildman–Crippen MR) is 143 cm³/mol. The van der Waals surface area contributed by atoms with Gasteiger partial charge in [0.25, 0.3) is 0 Å². The van der Waals surface area contributed by atoms with Crippen molar-refractivity contribution in [2.24, 2.45) is 0 Å². The average Bonchev–Trinajstić information content (AvgIpc) is 3.44. The largest absolute Gasteiger partial charge is 0.351 e. The van der Waals surface area contributed by atoms with Crippen LogP contribution in [0, 0.1) is 11.6 Å². The number of rotatable bonds is 11. The Labute approximate surface area is 226 Å². The Bertz CT molecular complexity index is 1250. The fourth-order valence-electron chi connectivity index (χ4n) is 4.76. The zero-order valence-corrected chi connectivity index (χ0v) is 21.6. The van der Waals surface area contributed by atoms with Crippen molar-refractivity contribution in [2.75, 3.05) is 5.32 Å². The third-order valence-electron chi connectivity index (χ3n) is 6.76. The Kier molecular flexibility index (Phi) is 9.72. The molecule has 4 rings (SSSR count). The molecule has 0 aliphatic heterocycles. The van der Waals surface area contributed by atoms with E-state index in [0.29, 0.717) is 16.9 Å². The molecule has 1 atom stereocenters. The number of amides is 3. The predicted octanol–water partition coefficient (Wildman–Crippen LogP) is 5.30. The van der Waals surface area contributed by atoms with Crippen molar-refractivity contribution in [3.05, 3.63) is 95.7 Å². The summed E-state index contributed by atoms with van der Waals surface area (Å²) in [6.45, 7) is 0.0410. The molecule has 2 N–H and O–H groups in total. The van der Waals surface area contributed by atoms with Crippen LogP contribution in [0.2, 0.25) is 0 Å². The molecule has 3 amide bonds. The molecule has 1 aromatic heterocycles. The number of hydrogen-bond acceptors (Lipinski definition) is 4. The zero-order chi connectivity index (χ0) is 27.6.